The number of aliphatic carboxylic acids is 1. The van der Waals surface area contributed by atoms with Crippen molar-refractivity contribution < 1.29 is 14.7 Å². The molecule has 34 heavy (non-hydrogen) atoms. The predicted molar refractivity (Wildman–Crippen MR) is 133 cm³/mol. The number of amides is 1. The maximum Gasteiger partial charge on any atom is 0.309 e. The van der Waals surface area contributed by atoms with E-state index in [0.717, 1.165) is 48.4 Å². The standard InChI is InChI=1S/C27H30N4O3/c1-27(2,26(33)34)16-19-8-6-9-20(14-19)21-10-7-11-22(15-21)25(32)30-23-17-28-18-24(29-23)31-12-4-3-5-13-31/h6-11,14-15,17-18H,3-5,12-13,16H2,1-2H3,(H,33,34)(H,29,30,32). The first kappa shape index (κ1) is 23.4. The van der Waals surface area contributed by atoms with E-state index >= 15 is 0 Å². The van der Waals surface area contributed by atoms with E-state index in [0.29, 0.717) is 17.8 Å². The van der Waals surface area contributed by atoms with E-state index in [1.54, 1.807) is 32.3 Å². The zero-order valence-corrected chi connectivity index (χ0v) is 19.6. The van der Waals surface area contributed by atoms with Crippen molar-refractivity contribution in [3.63, 3.8) is 0 Å². The molecule has 7 nitrogen and oxygen atoms in total. The Labute approximate surface area is 199 Å². The quantitative estimate of drug-likeness (QED) is 0.515. The average molecular weight is 459 g/mol. The fourth-order valence-electron chi connectivity index (χ4n) is 4.17. The van der Waals surface area contributed by atoms with Crippen LogP contribution in [-0.2, 0) is 11.2 Å². The van der Waals surface area contributed by atoms with E-state index in [9.17, 15) is 14.7 Å². The van der Waals surface area contributed by atoms with Crippen LogP contribution in [-0.4, -0.2) is 40.0 Å². The maximum absolute atomic E-state index is 13.0. The Kier molecular flexibility index (Phi) is 6.91. The van der Waals surface area contributed by atoms with Crippen LogP contribution in [0, 0.1) is 5.41 Å². The van der Waals surface area contributed by atoms with Crippen molar-refractivity contribution in [2.45, 2.75) is 39.5 Å². The molecule has 1 aromatic heterocycles. The summed E-state index contributed by atoms with van der Waals surface area (Å²) in [5.41, 5.74) is 2.41. The highest BCUT2D eigenvalue weighted by Gasteiger charge is 2.27. The Morgan fingerprint density at radius 1 is 1.00 bits per heavy atom. The largest absolute Gasteiger partial charge is 0.481 e. The average Bonchev–Trinajstić information content (AvgIpc) is 2.84. The SMILES string of the molecule is CC(C)(Cc1cccc(-c2cccc(C(=O)Nc3cncc(N4CCCCC4)n3)c2)c1)C(=O)O. The Hall–Kier alpha value is -3.74. The lowest BCUT2D eigenvalue weighted by atomic mass is 9.85. The van der Waals surface area contributed by atoms with Crippen LogP contribution in [0.3, 0.4) is 0 Å². The minimum absolute atomic E-state index is 0.255. The van der Waals surface area contributed by atoms with Gasteiger partial charge in [0.15, 0.2) is 5.82 Å². The third kappa shape index (κ3) is 5.60. The summed E-state index contributed by atoms with van der Waals surface area (Å²) in [4.78, 5) is 35.5. The zero-order valence-electron chi connectivity index (χ0n) is 19.6. The molecule has 2 N–H and O–H groups in total. The molecule has 1 fully saturated rings. The molecule has 0 radical (unpaired) electrons. The first-order valence-electron chi connectivity index (χ1n) is 11.6. The van der Waals surface area contributed by atoms with Crippen molar-refractivity contribution in [1.29, 1.82) is 0 Å². The smallest absolute Gasteiger partial charge is 0.309 e. The summed E-state index contributed by atoms with van der Waals surface area (Å²) in [6.07, 6.45) is 7.22. The molecule has 7 heteroatoms. The van der Waals surface area contributed by atoms with Crippen molar-refractivity contribution in [3.05, 3.63) is 72.1 Å². The van der Waals surface area contributed by atoms with Crippen LogP contribution in [0.1, 0.15) is 49.0 Å². The third-order valence-electron chi connectivity index (χ3n) is 6.15. The maximum atomic E-state index is 13.0. The summed E-state index contributed by atoms with van der Waals surface area (Å²) in [6, 6.07) is 15.2. The molecular formula is C27H30N4O3. The second-order valence-corrected chi connectivity index (χ2v) is 9.41. The van der Waals surface area contributed by atoms with Gasteiger partial charge in [-0.3, -0.25) is 14.6 Å². The molecule has 2 aromatic carbocycles. The lowest BCUT2D eigenvalue weighted by Crippen LogP contribution is -2.30. The molecule has 1 amide bonds. The lowest BCUT2D eigenvalue weighted by Gasteiger charge is -2.27. The number of rotatable bonds is 7. The van der Waals surface area contributed by atoms with E-state index in [2.05, 4.69) is 20.2 Å². The topological polar surface area (TPSA) is 95.4 Å². The Balaban J connectivity index is 1.50. The van der Waals surface area contributed by atoms with Gasteiger partial charge in [-0.15, -0.1) is 0 Å². The molecular weight excluding hydrogens is 428 g/mol. The third-order valence-corrected chi connectivity index (χ3v) is 6.15. The molecule has 0 saturated carbocycles. The van der Waals surface area contributed by atoms with Crippen LogP contribution >= 0.6 is 0 Å². The van der Waals surface area contributed by atoms with Crippen molar-refractivity contribution in [1.82, 2.24) is 9.97 Å². The summed E-state index contributed by atoms with van der Waals surface area (Å²) in [6.45, 7) is 5.35. The molecule has 1 aliphatic heterocycles. The van der Waals surface area contributed by atoms with Gasteiger partial charge in [-0.05, 0) is 68.4 Å². The number of hydrogen-bond donors (Lipinski definition) is 2. The van der Waals surface area contributed by atoms with Crippen molar-refractivity contribution in [3.8, 4) is 11.1 Å². The van der Waals surface area contributed by atoms with E-state index < -0.39 is 11.4 Å². The number of carbonyl (C=O) groups excluding carboxylic acids is 1. The number of nitrogens with zero attached hydrogens (tertiary/aromatic N) is 3. The molecule has 176 valence electrons. The van der Waals surface area contributed by atoms with Crippen LogP contribution in [0.2, 0.25) is 0 Å². The lowest BCUT2D eigenvalue weighted by molar-refractivity contribution is -0.146. The summed E-state index contributed by atoms with van der Waals surface area (Å²) in [7, 11) is 0. The number of aromatic nitrogens is 2. The molecule has 4 rings (SSSR count). The van der Waals surface area contributed by atoms with Gasteiger partial charge >= 0.3 is 5.97 Å². The Morgan fingerprint density at radius 3 is 2.44 bits per heavy atom. The number of piperidine rings is 1. The highest BCUT2D eigenvalue weighted by molar-refractivity contribution is 6.04. The number of carboxylic acids is 1. The second kappa shape index (κ2) is 10.0. The minimum Gasteiger partial charge on any atom is -0.481 e. The molecule has 0 bridgehead atoms. The fourth-order valence-corrected chi connectivity index (χ4v) is 4.17. The van der Waals surface area contributed by atoms with Gasteiger partial charge in [0.2, 0.25) is 0 Å². The molecule has 3 aromatic rings. The van der Waals surface area contributed by atoms with Crippen LogP contribution in [0.15, 0.2) is 60.9 Å². The monoisotopic (exact) mass is 458 g/mol. The van der Waals surface area contributed by atoms with Gasteiger partial charge in [-0.2, -0.15) is 0 Å². The number of carbonyl (C=O) groups is 2. The highest BCUT2D eigenvalue weighted by atomic mass is 16.4. The molecule has 0 unspecified atom stereocenters. The summed E-state index contributed by atoms with van der Waals surface area (Å²) in [5.74, 6) is 0.128. The normalized spacial score (nSPS) is 14.0. The van der Waals surface area contributed by atoms with E-state index in [-0.39, 0.29) is 5.91 Å². The van der Waals surface area contributed by atoms with Gasteiger partial charge in [0.05, 0.1) is 17.8 Å². The number of anilines is 2. The predicted octanol–water partition coefficient (Wildman–Crippen LogP) is 5.04. The highest BCUT2D eigenvalue weighted by Crippen LogP contribution is 2.27. The number of carboxylic acid groups (broad SMARTS) is 1. The Bertz CT molecular complexity index is 1190. The van der Waals surface area contributed by atoms with Crippen molar-refractivity contribution >= 4 is 23.5 Å². The molecule has 0 spiro atoms. The van der Waals surface area contributed by atoms with E-state index in [1.807, 2.05) is 42.5 Å². The summed E-state index contributed by atoms with van der Waals surface area (Å²) < 4.78 is 0. The van der Waals surface area contributed by atoms with Gasteiger partial charge in [-0.1, -0.05) is 36.4 Å². The molecule has 1 saturated heterocycles. The first-order chi connectivity index (χ1) is 16.3. The Morgan fingerprint density at radius 2 is 1.71 bits per heavy atom. The van der Waals surface area contributed by atoms with Crippen LogP contribution < -0.4 is 10.2 Å². The van der Waals surface area contributed by atoms with Gasteiger partial charge < -0.3 is 15.3 Å². The number of nitrogens with one attached hydrogen (secondary N) is 1. The molecule has 0 aliphatic carbocycles. The number of hydrogen-bond acceptors (Lipinski definition) is 5. The zero-order chi connectivity index (χ0) is 24.1. The summed E-state index contributed by atoms with van der Waals surface area (Å²) >= 11 is 0. The van der Waals surface area contributed by atoms with Gasteiger partial charge in [0.25, 0.3) is 5.91 Å². The number of benzene rings is 2. The van der Waals surface area contributed by atoms with E-state index in [1.165, 1.54) is 6.42 Å². The van der Waals surface area contributed by atoms with Gasteiger partial charge in [0.1, 0.15) is 5.82 Å². The van der Waals surface area contributed by atoms with Gasteiger partial charge in [0, 0.05) is 18.7 Å². The fraction of sp³-hybridized carbons (Fsp3) is 0.333. The van der Waals surface area contributed by atoms with E-state index in [4.69, 9.17) is 0 Å². The summed E-state index contributed by atoms with van der Waals surface area (Å²) in [5, 5.41) is 12.3. The molecule has 0 atom stereocenters. The van der Waals surface area contributed by atoms with Gasteiger partial charge in [-0.25, -0.2) is 4.98 Å². The second-order valence-electron chi connectivity index (χ2n) is 9.41. The van der Waals surface area contributed by atoms with Crippen molar-refractivity contribution in [2.75, 3.05) is 23.3 Å². The van der Waals surface area contributed by atoms with Crippen molar-refractivity contribution in [2.24, 2.45) is 5.41 Å². The van der Waals surface area contributed by atoms with Crippen LogP contribution in [0.5, 0.6) is 0 Å². The van der Waals surface area contributed by atoms with Crippen LogP contribution in [0.4, 0.5) is 11.6 Å². The van der Waals surface area contributed by atoms with Crippen LogP contribution in [0.25, 0.3) is 11.1 Å². The molecule has 1 aliphatic rings. The molecule has 2 heterocycles. The minimum atomic E-state index is -0.857. The first-order valence-corrected chi connectivity index (χ1v) is 11.6.